The summed E-state index contributed by atoms with van der Waals surface area (Å²) in [5, 5.41) is 0. The van der Waals surface area contributed by atoms with Crippen LogP contribution in [0.25, 0.3) is 0 Å². The van der Waals surface area contributed by atoms with Crippen LogP contribution in [-0.4, -0.2) is 9.97 Å². The molecule has 1 heterocycles. The number of nitrogens with zero attached hydrogens (tertiary/aromatic N) is 1. The lowest BCUT2D eigenvalue weighted by molar-refractivity contribution is 0.840. The number of aromatic nitrogens is 2. The van der Waals surface area contributed by atoms with Gasteiger partial charge in [0, 0.05) is 18.3 Å². The van der Waals surface area contributed by atoms with Crippen LogP contribution < -0.4 is 0 Å². The molecular formula is C11H12N2. The zero-order chi connectivity index (χ0) is 9.10. The molecule has 1 atom stereocenters. The fourth-order valence-corrected chi connectivity index (χ4v) is 1.41. The van der Waals surface area contributed by atoms with Gasteiger partial charge in [0.25, 0.3) is 0 Å². The van der Waals surface area contributed by atoms with Crippen molar-refractivity contribution in [2.24, 2.45) is 0 Å². The van der Waals surface area contributed by atoms with E-state index in [1.807, 2.05) is 12.3 Å². The van der Waals surface area contributed by atoms with Crippen molar-refractivity contribution in [3.8, 4) is 0 Å². The molecule has 2 nitrogen and oxygen atoms in total. The maximum absolute atomic E-state index is 4.24. The number of imidazole rings is 1. The molecule has 0 unspecified atom stereocenters. The summed E-state index contributed by atoms with van der Waals surface area (Å²) < 4.78 is 0. The first-order chi connectivity index (χ1) is 6.38. The molecule has 13 heavy (non-hydrogen) atoms. The molecular weight excluding hydrogens is 160 g/mol. The third-order valence-corrected chi connectivity index (χ3v) is 2.23. The van der Waals surface area contributed by atoms with E-state index in [-0.39, 0.29) is 0 Å². The van der Waals surface area contributed by atoms with Gasteiger partial charge >= 0.3 is 0 Å². The zero-order valence-corrected chi connectivity index (χ0v) is 7.57. The van der Waals surface area contributed by atoms with E-state index in [4.69, 9.17) is 0 Å². The van der Waals surface area contributed by atoms with Gasteiger partial charge in [0.05, 0.1) is 0 Å². The van der Waals surface area contributed by atoms with E-state index in [0.717, 1.165) is 5.82 Å². The van der Waals surface area contributed by atoms with Gasteiger partial charge in [-0.05, 0) is 5.56 Å². The summed E-state index contributed by atoms with van der Waals surface area (Å²) in [6.07, 6.45) is 3.64. The minimum Gasteiger partial charge on any atom is -0.348 e. The van der Waals surface area contributed by atoms with E-state index in [1.165, 1.54) is 5.56 Å². The van der Waals surface area contributed by atoms with Gasteiger partial charge in [0.1, 0.15) is 5.82 Å². The van der Waals surface area contributed by atoms with Crippen LogP contribution in [0.5, 0.6) is 0 Å². The van der Waals surface area contributed by atoms with Crippen molar-refractivity contribution >= 4 is 0 Å². The van der Waals surface area contributed by atoms with Gasteiger partial charge in [-0.1, -0.05) is 37.3 Å². The van der Waals surface area contributed by atoms with E-state index in [1.54, 1.807) is 6.20 Å². The molecule has 2 rings (SSSR count). The standard InChI is InChI=1S/C11H12N2/c1-9(11-12-7-8-13-11)10-5-3-2-4-6-10/h2-9H,1H3,(H,12,13)/t9-/m0/s1. The molecule has 2 heteroatoms. The van der Waals surface area contributed by atoms with Crippen LogP contribution in [0, 0.1) is 0 Å². The molecule has 1 aromatic heterocycles. The molecule has 0 spiro atoms. The highest BCUT2D eigenvalue weighted by Gasteiger charge is 2.08. The first-order valence-corrected chi connectivity index (χ1v) is 4.42. The lowest BCUT2D eigenvalue weighted by atomic mass is 10.0. The lowest BCUT2D eigenvalue weighted by Gasteiger charge is -2.07. The summed E-state index contributed by atoms with van der Waals surface area (Å²) in [6.45, 7) is 2.15. The molecule has 1 aromatic carbocycles. The summed E-state index contributed by atoms with van der Waals surface area (Å²) in [4.78, 5) is 7.36. The topological polar surface area (TPSA) is 28.7 Å². The van der Waals surface area contributed by atoms with Gasteiger partial charge in [-0.15, -0.1) is 0 Å². The van der Waals surface area contributed by atoms with E-state index >= 15 is 0 Å². The molecule has 0 saturated carbocycles. The predicted molar refractivity (Wildman–Crippen MR) is 52.5 cm³/mol. The van der Waals surface area contributed by atoms with E-state index in [9.17, 15) is 0 Å². The van der Waals surface area contributed by atoms with E-state index in [2.05, 4.69) is 41.2 Å². The molecule has 0 aliphatic heterocycles. The normalized spacial score (nSPS) is 12.7. The summed E-state index contributed by atoms with van der Waals surface area (Å²) in [6, 6.07) is 10.4. The summed E-state index contributed by atoms with van der Waals surface area (Å²) in [5.74, 6) is 1.36. The third-order valence-electron chi connectivity index (χ3n) is 2.23. The molecule has 0 saturated heterocycles. The van der Waals surface area contributed by atoms with Crippen LogP contribution in [0.15, 0.2) is 42.7 Å². The Balaban J connectivity index is 2.29. The Hall–Kier alpha value is -1.57. The highest BCUT2D eigenvalue weighted by molar-refractivity contribution is 5.24. The van der Waals surface area contributed by atoms with Crippen molar-refractivity contribution in [3.05, 3.63) is 54.1 Å². The molecule has 2 aromatic rings. The largest absolute Gasteiger partial charge is 0.348 e. The summed E-state index contributed by atoms with van der Waals surface area (Å²) in [5.41, 5.74) is 1.29. The maximum Gasteiger partial charge on any atom is 0.113 e. The van der Waals surface area contributed by atoms with Gasteiger partial charge in [-0.2, -0.15) is 0 Å². The Bertz CT molecular complexity index is 351. The first kappa shape index (κ1) is 8.05. The minimum absolute atomic E-state index is 0.344. The Labute approximate surface area is 77.6 Å². The lowest BCUT2D eigenvalue weighted by Crippen LogP contribution is -1.97. The number of rotatable bonds is 2. The van der Waals surface area contributed by atoms with Gasteiger partial charge < -0.3 is 4.98 Å². The molecule has 0 aliphatic carbocycles. The zero-order valence-electron chi connectivity index (χ0n) is 7.57. The number of hydrogen-bond donors (Lipinski definition) is 1. The van der Waals surface area contributed by atoms with Gasteiger partial charge in [0.15, 0.2) is 0 Å². The van der Waals surface area contributed by atoms with E-state index in [0.29, 0.717) is 5.92 Å². The molecule has 0 amide bonds. The molecule has 66 valence electrons. The minimum atomic E-state index is 0.344. The van der Waals surface area contributed by atoms with Crippen molar-refractivity contribution in [1.29, 1.82) is 0 Å². The second-order valence-electron chi connectivity index (χ2n) is 3.11. The Kier molecular flexibility index (Phi) is 2.13. The second kappa shape index (κ2) is 3.44. The van der Waals surface area contributed by atoms with Gasteiger partial charge in [0.2, 0.25) is 0 Å². The maximum atomic E-state index is 4.24. The van der Waals surface area contributed by atoms with Crippen molar-refractivity contribution < 1.29 is 0 Å². The van der Waals surface area contributed by atoms with Crippen LogP contribution in [0.4, 0.5) is 0 Å². The summed E-state index contributed by atoms with van der Waals surface area (Å²) >= 11 is 0. The Morgan fingerprint density at radius 1 is 1.23 bits per heavy atom. The predicted octanol–water partition coefficient (Wildman–Crippen LogP) is 2.56. The van der Waals surface area contributed by atoms with Crippen LogP contribution in [0.3, 0.4) is 0 Å². The highest BCUT2D eigenvalue weighted by Crippen LogP contribution is 2.19. The highest BCUT2D eigenvalue weighted by atomic mass is 14.9. The average Bonchev–Trinajstić information content (AvgIpc) is 2.71. The fraction of sp³-hybridized carbons (Fsp3) is 0.182. The van der Waals surface area contributed by atoms with Crippen LogP contribution in [-0.2, 0) is 0 Å². The van der Waals surface area contributed by atoms with Crippen molar-refractivity contribution in [3.63, 3.8) is 0 Å². The molecule has 0 bridgehead atoms. The number of nitrogens with one attached hydrogen (secondary N) is 1. The van der Waals surface area contributed by atoms with E-state index < -0.39 is 0 Å². The molecule has 0 fully saturated rings. The number of hydrogen-bond acceptors (Lipinski definition) is 1. The number of benzene rings is 1. The van der Waals surface area contributed by atoms with Crippen molar-refractivity contribution in [2.75, 3.05) is 0 Å². The molecule has 0 radical (unpaired) electrons. The summed E-state index contributed by atoms with van der Waals surface area (Å²) in [7, 11) is 0. The van der Waals surface area contributed by atoms with Crippen molar-refractivity contribution in [1.82, 2.24) is 9.97 Å². The van der Waals surface area contributed by atoms with Crippen LogP contribution in [0.2, 0.25) is 0 Å². The SMILES string of the molecule is C[C@@H](c1ccccc1)c1ncc[nH]1. The fourth-order valence-electron chi connectivity index (χ4n) is 1.41. The number of aromatic amines is 1. The smallest absolute Gasteiger partial charge is 0.113 e. The molecule has 1 N–H and O–H groups in total. The number of H-pyrrole nitrogens is 1. The molecule has 0 aliphatic rings. The quantitative estimate of drug-likeness (QED) is 0.741. The Morgan fingerprint density at radius 3 is 2.62 bits per heavy atom. The second-order valence-corrected chi connectivity index (χ2v) is 3.11. The van der Waals surface area contributed by atoms with Gasteiger partial charge in [-0.3, -0.25) is 0 Å². The average molecular weight is 172 g/mol. The Morgan fingerprint density at radius 2 is 2.00 bits per heavy atom. The van der Waals surface area contributed by atoms with Crippen molar-refractivity contribution in [2.45, 2.75) is 12.8 Å². The van der Waals surface area contributed by atoms with Gasteiger partial charge in [-0.25, -0.2) is 4.98 Å². The first-order valence-electron chi connectivity index (χ1n) is 4.42. The van der Waals surface area contributed by atoms with Crippen LogP contribution in [0.1, 0.15) is 24.2 Å². The third kappa shape index (κ3) is 1.61. The van der Waals surface area contributed by atoms with Crippen LogP contribution >= 0.6 is 0 Å². The monoisotopic (exact) mass is 172 g/mol.